The van der Waals surface area contributed by atoms with Gasteiger partial charge in [-0.15, -0.1) is 0 Å². The lowest BCUT2D eigenvalue weighted by atomic mass is 10.0. The van der Waals surface area contributed by atoms with Gasteiger partial charge in [0.05, 0.1) is 0 Å². The molecule has 98 valence electrons. The highest BCUT2D eigenvalue weighted by Gasteiger charge is 2.23. The molecule has 0 aliphatic heterocycles. The molecule has 0 spiro atoms. The van der Waals surface area contributed by atoms with Crippen LogP contribution >= 0.6 is 0 Å². The molecule has 1 fully saturated rings. The fourth-order valence-corrected chi connectivity index (χ4v) is 2.65. The minimum atomic E-state index is 0.338. The van der Waals surface area contributed by atoms with Gasteiger partial charge in [0.15, 0.2) is 0 Å². The van der Waals surface area contributed by atoms with Crippen molar-refractivity contribution >= 4 is 5.78 Å². The van der Waals surface area contributed by atoms with Gasteiger partial charge in [-0.1, -0.05) is 29.8 Å². The zero-order valence-electron chi connectivity index (χ0n) is 11.5. The van der Waals surface area contributed by atoms with E-state index in [4.69, 9.17) is 0 Å². The second-order valence-corrected chi connectivity index (χ2v) is 5.57. The maximum Gasteiger partial charge on any atom is 0.136 e. The highest BCUT2D eigenvalue weighted by Crippen LogP contribution is 2.24. The van der Waals surface area contributed by atoms with Gasteiger partial charge in [-0.2, -0.15) is 0 Å². The maximum atomic E-state index is 11.6. The van der Waals surface area contributed by atoms with Crippen LogP contribution in [0.5, 0.6) is 0 Å². The third-order valence-corrected chi connectivity index (χ3v) is 3.86. The average Bonchev–Trinajstić information content (AvgIpc) is 2.75. The lowest BCUT2D eigenvalue weighted by Gasteiger charge is -2.18. The number of nitrogens with zero attached hydrogens (tertiary/aromatic N) is 1. The van der Waals surface area contributed by atoms with Gasteiger partial charge in [0, 0.05) is 18.9 Å². The molecule has 0 radical (unpaired) electrons. The second kappa shape index (κ2) is 6.14. The summed E-state index contributed by atoms with van der Waals surface area (Å²) >= 11 is 0. The van der Waals surface area contributed by atoms with Crippen LogP contribution in [0.2, 0.25) is 0 Å². The number of benzene rings is 1. The fourth-order valence-electron chi connectivity index (χ4n) is 2.65. The Morgan fingerprint density at radius 2 is 2.00 bits per heavy atom. The summed E-state index contributed by atoms with van der Waals surface area (Å²) in [6.45, 7) is 4.10. The molecule has 1 aromatic rings. The Hall–Kier alpha value is -1.15. The van der Waals surface area contributed by atoms with E-state index < -0.39 is 0 Å². The molecule has 1 unspecified atom stereocenters. The lowest BCUT2D eigenvalue weighted by Crippen LogP contribution is -2.22. The SMILES string of the molecule is Cc1ccc(CN(C)CCC2CCCC2=O)cc1. The Balaban J connectivity index is 1.76. The molecule has 2 nitrogen and oxygen atoms in total. The minimum Gasteiger partial charge on any atom is -0.302 e. The number of carbonyl (C=O) groups is 1. The first-order chi connectivity index (χ1) is 8.65. The van der Waals surface area contributed by atoms with Crippen LogP contribution < -0.4 is 0 Å². The van der Waals surface area contributed by atoms with Crippen LogP contribution in [0.15, 0.2) is 24.3 Å². The van der Waals surface area contributed by atoms with Crippen molar-refractivity contribution in [3.63, 3.8) is 0 Å². The third kappa shape index (κ3) is 3.67. The molecule has 0 amide bonds. The van der Waals surface area contributed by atoms with Crippen LogP contribution in [0.3, 0.4) is 0 Å². The van der Waals surface area contributed by atoms with Gasteiger partial charge >= 0.3 is 0 Å². The van der Waals surface area contributed by atoms with Crippen LogP contribution in [0.1, 0.15) is 36.8 Å². The molecular formula is C16H23NO. The number of rotatable bonds is 5. The summed E-state index contributed by atoms with van der Waals surface area (Å²) < 4.78 is 0. The van der Waals surface area contributed by atoms with Crippen molar-refractivity contribution in [2.45, 2.75) is 39.2 Å². The Labute approximate surface area is 110 Å². The summed E-state index contributed by atoms with van der Waals surface area (Å²) in [4.78, 5) is 13.9. The van der Waals surface area contributed by atoms with E-state index in [0.717, 1.165) is 38.8 Å². The number of carbonyl (C=O) groups excluding carboxylic acids is 1. The van der Waals surface area contributed by atoms with Crippen LogP contribution in [-0.2, 0) is 11.3 Å². The molecule has 0 bridgehead atoms. The normalized spacial score (nSPS) is 19.7. The Bertz CT molecular complexity index is 396. The molecule has 2 rings (SSSR count). The largest absolute Gasteiger partial charge is 0.302 e. The fraction of sp³-hybridized carbons (Fsp3) is 0.562. The first kappa shape index (κ1) is 13.3. The van der Waals surface area contributed by atoms with Crippen molar-refractivity contribution in [3.8, 4) is 0 Å². The molecule has 1 aliphatic rings. The van der Waals surface area contributed by atoms with E-state index in [-0.39, 0.29) is 0 Å². The summed E-state index contributed by atoms with van der Waals surface area (Å²) in [5.41, 5.74) is 2.65. The van der Waals surface area contributed by atoms with Crippen molar-refractivity contribution in [1.82, 2.24) is 4.90 Å². The summed E-state index contributed by atoms with van der Waals surface area (Å²) in [5, 5.41) is 0. The standard InChI is InChI=1S/C16H23NO/c1-13-6-8-14(9-7-13)12-17(2)11-10-15-4-3-5-16(15)18/h6-9,15H,3-5,10-12H2,1-2H3. The smallest absolute Gasteiger partial charge is 0.136 e. The second-order valence-electron chi connectivity index (χ2n) is 5.57. The van der Waals surface area contributed by atoms with Crippen molar-refractivity contribution in [2.75, 3.05) is 13.6 Å². The predicted octanol–water partition coefficient (Wildman–Crippen LogP) is 3.19. The number of ketones is 1. The van der Waals surface area contributed by atoms with Gasteiger partial charge in [0.1, 0.15) is 5.78 Å². The van der Waals surface area contributed by atoms with Gasteiger partial charge in [-0.3, -0.25) is 4.79 Å². The van der Waals surface area contributed by atoms with Crippen molar-refractivity contribution in [3.05, 3.63) is 35.4 Å². The van der Waals surface area contributed by atoms with E-state index in [1.165, 1.54) is 11.1 Å². The van der Waals surface area contributed by atoms with Crippen LogP contribution in [0.4, 0.5) is 0 Å². The lowest BCUT2D eigenvalue weighted by molar-refractivity contribution is -0.120. The van der Waals surface area contributed by atoms with Crippen LogP contribution in [-0.4, -0.2) is 24.3 Å². The molecule has 1 saturated carbocycles. The number of hydrogen-bond donors (Lipinski definition) is 0. The number of Topliss-reactive ketones (excluding diaryl/α,β-unsaturated/α-hetero) is 1. The maximum absolute atomic E-state index is 11.6. The quantitative estimate of drug-likeness (QED) is 0.794. The summed E-state index contributed by atoms with van der Waals surface area (Å²) in [6, 6.07) is 8.69. The van der Waals surface area contributed by atoms with Crippen molar-refractivity contribution < 1.29 is 4.79 Å². The number of aryl methyl sites for hydroxylation is 1. The summed E-state index contributed by atoms with van der Waals surface area (Å²) in [5.74, 6) is 0.823. The zero-order valence-corrected chi connectivity index (χ0v) is 11.5. The number of hydrogen-bond acceptors (Lipinski definition) is 2. The van der Waals surface area contributed by atoms with Crippen molar-refractivity contribution in [1.29, 1.82) is 0 Å². The molecule has 1 aliphatic carbocycles. The van der Waals surface area contributed by atoms with Gasteiger partial charge in [0.2, 0.25) is 0 Å². The summed E-state index contributed by atoms with van der Waals surface area (Å²) in [6.07, 6.45) is 4.05. The minimum absolute atomic E-state index is 0.338. The van der Waals surface area contributed by atoms with Crippen LogP contribution in [0.25, 0.3) is 0 Å². The Kier molecular flexibility index (Phi) is 4.54. The molecule has 0 heterocycles. The Morgan fingerprint density at radius 3 is 2.61 bits per heavy atom. The zero-order chi connectivity index (χ0) is 13.0. The third-order valence-electron chi connectivity index (χ3n) is 3.86. The van der Waals surface area contributed by atoms with E-state index in [9.17, 15) is 4.79 Å². The van der Waals surface area contributed by atoms with E-state index >= 15 is 0 Å². The Morgan fingerprint density at radius 1 is 1.28 bits per heavy atom. The van der Waals surface area contributed by atoms with Crippen molar-refractivity contribution in [2.24, 2.45) is 5.92 Å². The van der Waals surface area contributed by atoms with Gasteiger partial charge in [0.25, 0.3) is 0 Å². The topological polar surface area (TPSA) is 20.3 Å². The monoisotopic (exact) mass is 245 g/mol. The highest BCUT2D eigenvalue weighted by molar-refractivity contribution is 5.82. The van der Waals surface area contributed by atoms with Gasteiger partial charge < -0.3 is 4.90 Å². The molecule has 0 aromatic heterocycles. The molecule has 2 heteroatoms. The first-order valence-electron chi connectivity index (χ1n) is 6.92. The molecule has 1 aromatic carbocycles. The average molecular weight is 245 g/mol. The van der Waals surface area contributed by atoms with E-state index in [1.54, 1.807) is 0 Å². The highest BCUT2D eigenvalue weighted by atomic mass is 16.1. The van der Waals surface area contributed by atoms with E-state index in [1.807, 2.05) is 0 Å². The molecule has 1 atom stereocenters. The molecule has 18 heavy (non-hydrogen) atoms. The van der Waals surface area contributed by atoms with Crippen LogP contribution in [0, 0.1) is 12.8 Å². The first-order valence-corrected chi connectivity index (χ1v) is 6.92. The predicted molar refractivity (Wildman–Crippen MR) is 74.5 cm³/mol. The molecule has 0 N–H and O–H groups in total. The summed E-state index contributed by atoms with van der Waals surface area (Å²) in [7, 11) is 2.14. The van der Waals surface area contributed by atoms with E-state index in [0.29, 0.717) is 11.7 Å². The van der Waals surface area contributed by atoms with Gasteiger partial charge in [-0.05, 0) is 45.3 Å². The molecule has 0 saturated heterocycles. The van der Waals surface area contributed by atoms with Gasteiger partial charge in [-0.25, -0.2) is 0 Å². The molecular weight excluding hydrogens is 222 g/mol. The van der Waals surface area contributed by atoms with E-state index in [2.05, 4.69) is 43.1 Å².